The van der Waals surface area contributed by atoms with Gasteiger partial charge >= 0.3 is 0 Å². The molecule has 10 heteroatoms. The molecule has 5 aromatic rings. The Hall–Kier alpha value is -6.13. The van der Waals surface area contributed by atoms with Gasteiger partial charge in [-0.3, -0.25) is 4.79 Å². The number of ether oxygens (including phenoxy) is 3. The summed E-state index contributed by atoms with van der Waals surface area (Å²) < 4.78 is 17.6. The Labute approximate surface area is 331 Å². The normalized spacial score (nSPS) is 19.4. The highest BCUT2D eigenvalue weighted by molar-refractivity contribution is 6.32. The standard InChI is InChI=1S/C47H48N2O8/c1-20-10-26-28(42-32-14-22(3)48-24(5)40(32)34(50)18-35(42)51)16-30(46(53)44(26)37(12-20)55-7)31-17-29(27-11-21(2)13-38(56-8)45(27)47(31)54)43-33-15-23(4)49-25(6)41(33)39(57-9)19-36(43)52/h10-13,16-19,22-24,48-51,53-54H,14-15H2,1-9H3. The number of phenols is 4. The van der Waals surface area contributed by atoms with Crippen LogP contribution in [-0.4, -0.2) is 59.6 Å². The molecule has 10 nitrogen and oxygen atoms in total. The lowest BCUT2D eigenvalue weighted by atomic mass is 9.78. The Balaban J connectivity index is 1.54. The van der Waals surface area contributed by atoms with E-state index in [1.807, 2.05) is 52.0 Å². The summed E-state index contributed by atoms with van der Waals surface area (Å²) in [4.78, 5) is 14.4. The van der Waals surface area contributed by atoms with Gasteiger partial charge in [0.05, 0.1) is 32.1 Å². The van der Waals surface area contributed by atoms with Crippen molar-refractivity contribution in [1.82, 2.24) is 10.6 Å². The van der Waals surface area contributed by atoms with Gasteiger partial charge in [0.2, 0.25) is 0 Å². The Bertz CT molecular complexity index is 2690. The van der Waals surface area contributed by atoms with E-state index in [9.17, 15) is 25.2 Å². The molecule has 6 N–H and O–H groups in total. The number of nitrogens with one attached hydrogen (secondary N) is 2. The maximum Gasteiger partial charge on any atom is 0.190 e. The van der Waals surface area contributed by atoms with Crippen molar-refractivity contribution in [1.29, 1.82) is 0 Å². The maximum atomic E-state index is 14.4. The van der Waals surface area contributed by atoms with E-state index < -0.39 is 0 Å². The third-order valence-corrected chi connectivity index (χ3v) is 11.7. The fraction of sp³-hybridized carbons (Fsp3) is 0.298. The molecule has 0 fully saturated rings. The van der Waals surface area contributed by atoms with Gasteiger partial charge < -0.3 is 45.3 Å². The molecule has 3 unspecified atom stereocenters. The number of aryl methyl sites for hydroxylation is 2. The van der Waals surface area contributed by atoms with Crippen molar-refractivity contribution in [3.63, 3.8) is 0 Å². The average molecular weight is 769 g/mol. The SMILES string of the molecule is COC1=CC(=O)C(c2cc(-c3cc(-c4c(O)cc(O)c5c4CC(C)NC5C)c4cc(C)cc(OC)c4c3O)c(O)c3c(OC)cc(C)cc23)=C2CC(C)NC(C)=C12. The molecule has 1 aliphatic carbocycles. The van der Waals surface area contributed by atoms with Crippen LogP contribution in [0.5, 0.6) is 34.5 Å². The minimum Gasteiger partial charge on any atom is -0.507 e. The molecular formula is C47H48N2O8. The van der Waals surface area contributed by atoms with Crippen LogP contribution in [0.25, 0.3) is 49.4 Å². The quantitative estimate of drug-likeness (QED) is 0.0989. The van der Waals surface area contributed by atoms with Crippen LogP contribution in [0, 0.1) is 13.8 Å². The number of carbonyl (C=O) groups excluding carboxylic acids is 1. The summed E-state index contributed by atoms with van der Waals surface area (Å²) in [6.45, 7) is 11.9. The molecule has 0 bridgehead atoms. The highest BCUT2D eigenvalue weighted by atomic mass is 16.5. The fourth-order valence-corrected chi connectivity index (χ4v) is 9.57. The lowest BCUT2D eigenvalue weighted by Crippen LogP contribution is -2.36. The highest BCUT2D eigenvalue weighted by Gasteiger charge is 2.35. The van der Waals surface area contributed by atoms with Gasteiger partial charge in [-0.25, -0.2) is 0 Å². The van der Waals surface area contributed by atoms with Crippen molar-refractivity contribution in [2.24, 2.45) is 0 Å². The zero-order chi connectivity index (χ0) is 40.8. The van der Waals surface area contributed by atoms with Gasteiger partial charge in [0.15, 0.2) is 5.78 Å². The number of phenolic OH excluding ortho intramolecular Hbond substituents is 4. The largest absolute Gasteiger partial charge is 0.507 e. The van der Waals surface area contributed by atoms with E-state index in [0.717, 1.165) is 33.5 Å². The summed E-state index contributed by atoms with van der Waals surface area (Å²) in [7, 11) is 4.62. The first-order valence-corrected chi connectivity index (χ1v) is 19.2. The highest BCUT2D eigenvalue weighted by Crippen LogP contribution is 2.55. The molecule has 2 heterocycles. The van der Waals surface area contributed by atoms with Crippen molar-refractivity contribution < 1.29 is 39.4 Å². The van der Waals surface area contributed by atoms with Crippen LogP contribution in [-0.2, 0) is 16.0 Å². The predicted molar refractivity (Wildman–Crippen MR) is 223 cm³/mol. The van der Waals surface area contributed by atoms with Gasteiger partial charge in [-0.1, -0.05) is 12.1 Å². The minimum atomic E-state index is -0.246. The lowest BCUT2D eigenvalue weighted by Gasteiger charge is -2.33. The molecule has 3 aliphatic rings. The summed E-state index contributed by atoms with van der Waals surface area (Å²) in [6.07, 6.45) is 2.55. The molecular weight excluding hydrogens is 721 g/mol. The monoisotopic (exact) mass is 768 g/mol. The van der Waals surface area contributed by atoms with Gasteiger partial charge in [0.25, 0.3) is 0 Å². The van der Waals surface area contributed by atoms with Crippen molar-refractivity contribution >= 4 is 32.9 Å². The molecule has 0 radical (unpaired) electrons. The summed E-state index contributed by atoms with van der Waals surface area (Å²) in [5, 5.41) is 56.9. The molecule has 57 heavy (non-hydrogen) atoms. The third-order valence-electron chi connectivity index (χ3n) is 11.7. The van der Waals surface area contributed by atoms with Crippen LogP contribution in [0.4, 0.5) is 0 Å². The van der Waals surface area contributed by atoms with Crippen molar-refractivity contribution in [3.8, 4) is 56.8 Å². The molecule has 0 aromatic heterocycles. The topological polar surface area (TPSA) is 150 Å². The van der Waals surface area contributed by atoms with E-state index in [1.54, 1.807) is 19.2 Å². The number of methoxy groups -OCH3 is 3. The van der Waals surface area contributed by atoms with Gasteiger partial charge in [-0.15, -0.1) is 0 Å². The summed E-state index contributed by atoms with van der Waals surface area (Å²) >= 11 is 0. The second-order valence-electron chi connectivity index (χ2n) is 15.8. The Morgan fingerprint density at radius 3 is 1.81 bits per heavy atom. The predicted octanol–water partition coefficient (Wildman–Crippen LogP) is 8.90. The van der Waals surface area contributed by atoms with E-state index in [2.05, 4.69) is 24.5 Å². The number of ketones is 1. The fourth-order valence-electron chi connectivity index (χ4n) is 9.57. The van der Waals surface area contributed by atoms with E-state index in [4.69, 9.17) is 14.2 Å². The van der Waals surface area contributed by atoms with E-state index >= 15 is 0 Å². The molecule has 8 rings (SSSR count). The number of fused-ring (bicyclic) bond motifs is 4. The number of aromatic hydroxyl groups is 4. The zero-order valence-electron chi connectivity index (χ0n) is 33.7. The van der Waals surface area contributed by atoms with Crippen LogP contribution in [0.2, 0.25) is 0 Å². The number of hydrogen-bond acceptors (Lipinski definition) is 10. The van der Waals surface area contributed by atoms with Crippen LogP contribution >= 0.6 is 0 Å². The van der Waals surface area contributed by atoms with Gasteiger partial charge in [0.1, 0.15) is 40.3 Å². The maximum absolute atomic E-state index is 14.4. The molecule has 0 spiro atoms. The van der Waals surface area contributed by atoms with E-state index in [1.165, 1.54) is 26.4 Å². The minimum absolute atomic E-state index is 0.0114. The number of benzene rings is 5. The second-order valence-corrected chi connectivity index (χ2v) is 15.8. The zero-order valence-corrected chi connectivity index (χ0v) is 33.7. The first-order valence-electron chi connectivity index (χ1n) is 19.2. The van der Waals surface area contributed by atoms with Gasteiger partial charge in [-0.2, -0.15) is 0 Å². The Kier molecular flexibility index (Phi) is 9.15. The van der Waals surface area contributed by atoms with Crippen molar-refractivity contribution in [2.75, 3.05) is 21.3 Å². The summed E-state index contributed by atoms with van der Waals surface area (Å²) in [5.74, 6) is 0.569. The van der Waals surface area contributed by atoms with E-state index in [-0.39, 0.29) is 58.0 Å². The molecule has 5 aromatic carbocycles. The average Bonchev–Trinajstić information content (AvgIpc) is 3.14. The van der Waals surface area contributed by atoms with E-state index in [0.29, 0.717) is 79.5 Å². The Morgan fingerprint density at radius 1 is 0.649 bits per heavy atom. The van der Waals surface area contributed by atoms with Crippen LogP contribution in [0.3, 0.4) is 0 Å². The molecule has 0 saturated heterocycles. The third kappa shape index (κ3) is 5.84. The molecule has 294 valence electrons. The second kappa shape index (κ2) is 13.8. The Morgan fingerprint density at radius 2 is 1.23 bits per heavy atom. The van der Waals surface area contributed by atoms with Crippen LogP contribution in [0.15, 0.2) is 71.1 Å². The molecule has 3 atom stereocenters. The lowest BCUT2D eigenvalue weighted by molar-refractivity contribution is -0.109. The van der Waals surface area contributed by atoms with Gasteiger partial charge in [-0.05, 0) is 123 Å². The summed E-state index contributed by atoms with van der Waals surface area (Å²) in [6, 6.07) is 12.3. The van der Waals surface area contributed by atoms with Crippen LogP contribution in [0.1, 0.15) is 68.0 Å². The molecule has 2 aliphatic heterocycles. The first-order chi connectivity index (χ1) is 27.2. The van der Waals surface area contributed by atoms with Crippen molar-refractivity contribution in [2.45, 2.75) is 72.5 Å². The molecule has 0 saturated carbocycles. The van der Waals surface area contributed by atoms with Crippen LogP contribution < -0.4 is 20.1 Å². The van der Waals surface area contributed by atoms with Crippen molar-refractivity contribution in [3.05, 3.63) is 99.0 Å². The van der Waals surface area contributed by atoms with Gasteiger partial charge in [0, 0.05) is 69.4 Å². The summed E-state index contributed by atoms with van der Waals surface area (Å²) in [5.41, 5.74) is 8.29. The smallest absolute Gasteiger partial charge is 0.190 e. The first kappa shape index (κ1) is 37.8. The number of allylic oxidation sites excluding steroid dienone is 4. The number of carbonyl (C=O) groups is 1. The number of hydrogen-bond donors (Lipinski definition) is 6. The molecule has 0 amide bonds. The number of rotatable bonds is 6.